The fraction of sp³-hybridized carbons (Fsp3) is 0.333. The minimum atomic E-state index is -1.90. The zero-order valence-corrected chi connectivity index (χ0v) is 23.0. The van der Waals surface area contributed by atoms with Crippen LogP contribution in [0.15, 0.2) is 101 Å². The second-order valence-corrected chi connectivity index (χ2v) is 15.4. The van der Waals surface area contributed by atoms with Crippen LogP contribution >= 0.6 is 11.6 Å². The molecule has 0 aliphatic carbocycles. The van der Waals surface area contributed by atoms with Crippen molar-refractivity contribution in [3.8, 4) is 0 Å². The fourth-order valence-electron chi connectivity index (χ4n) is 4.16. The van der Waals surface area contributed by atoms with Crippen LogP contribution in [0.3, 0.4) is 0 Å². The van der Waals surface area contributed by atoms with E-state index in [1.807, 2.05) is 54.6 Å². The van der Waals surface area contributed by atoms with Crippen LogP contribution in [-0.4, -0.2) is 33.0 Å². The molecule has 3 aromatic carbocycles. The Balaban J connectivity index is 1.57. The second-order valence-electron chi connectivity index (χ2n) is 10.1. The molecule has 0 aromatic heterocycles. The Hall–Kier alpha value is -2.41. The van der Waals surface area contributed by atoms with Crippen LogP contribution in [0.5, 0.6) is 0 Å². The molecule has 0 bridgehead atoms. The SMILES string of the molecule is C[Si](C)(C)C1=C(Cl)[C@@H](OCc2ccccc2)[C@H](OCc2ccccc2)[C@@H](COCc2ccccc2)O1. The minimum Gasteiger partial charge on any atom is -0.493 e. The van der Waals surface area contributed by atoms with Gasteiger partial charge in [-0.25, -0.2) is 0 Å². The van der Waals surface area contributed by atoms with Crippen LogP contribution in [0.25, 0.3) is 0 Å². The van der Waals surface area contributed by atoms with Crippen LogP contribution in [0.2, 0.25) is 19.6 Å². The lowest BCUT2D eigenvalue weighted by Crippen LogP contribution is -2.51. The van der Waals surface area contributed by atoms with Crippen molar-refractivity contribution in [2.24, 2.45) is 0 Å². The summed E-state index contributed by atoms with van der Waals surface area (Å²) in [7, 11) is -1.90. The molecule has 0 radical (unpaired) electrons. The van der Waals surface area contributed by atoms with Gasteiger partial charge in [-0.3, -0.25) is 0 Å². The normalized spacial score (nSPS) is 20.3. The first-order valence-corrected chi connectivity index (χ1v) is 16.3. The molecule has 1 aliphatic heterocycles. The van der Waals surface area contributed by atoms with Gasteiger partial charge < -0.3 is 18.9 Å². The molecule has 1 heterocycles. The summed E-state index contributed by atoms with van der Waals surface area (Å²) >= 11 is 7.01. The molecule has 36 heavy (non-hydrogen) atoms. The lowest BCUT2D eigenvalue weighted by atomic mass is 10.0. The summed E-state index contributed by atoms with van der Waals surface area (Å²) in [5, 5.41) is 1.47. The van der Waals surface area contributed by atoms with Gasteiger partial charge >= 0.3 is 0 Å². The first-order chi connectivity index (χ1) is 17.4. The molecule has 4 nitrogen and oxygen atoms in total. The van der Waals surface area contributed by atoms with Gasteiger partial charge in [0.1, 0.15) is 26.4 Å². The van der Waals surface area contributed by atoms with Crippen molar-refractivity contribution in [2.45, 2.75) is 57.8 Å². The van der Waals surface area contributed by atoms with E-state index in [0.717, 1.165) is 22.1 Å². The maximum atomic E-state index is 7.01. The topological polar surface area (TPSA) is 36.9 Å². The lowest BCUT2D eigenvalue weighted by Gasteiger charge is -2.41. The summed E-state index contributed by atoms with van der Waals surface area (Å²) in [5.41, 5.74) is 3.28. The summed E-state index contributed by atoms with van der Waals surface area (Å²) in [6, 6.07) is 30.4. The van der Waals surface area contributed by atoms with E-state index < -0.39 is 20.3 Å². The lowest BCUT2D eigenvalue weighted by molar-refractivity contribution is -0.152. The van der Waals surface area contributed by atoms with Crippen molar-refractivity contribution >= 4 is 19.7 Å². The predicted octanol–water partition coefficient (Wildman–Crippen LogP) is 7.10. The molecule has 6 heteroatoms. The van der Waals surface area contributed by atoms with E-state index in [9.17, 15) is 0 Å². The highest BCUT2D eigenvalue weighted by molar-refractivity contribution is 6.83. The van der Waals surface area contributed by atoms with Gasteiger partial charge in [0, 0.05) is 0 Å². The summed E-state index contributed by atoms with van der Waals surface area (Å²) < 4.78 is 25.7. The van der Waals surface area contributed by atoms with E-state index in [4.69, 9.17) is 30.5 Å². The fourth-order valence-corrected chi connectivity index (χ4v) is 6.61. The average molecular weight is 523 g/mol. The van der Waals surface area contributed by atoms with Gasteiger partial charge in [0.25, 0.3) is 0 Å². The third kappa shape index (κ3) is 7.31. The second kappa shape index (κ2) is 12.7. The molecule has 0 fully saturated rings. The van der Waals surface area contributed by atoms with E-state index in [2.05, 4.69) is 56.0 Å². The van der Waals surface area contributed by atoms with E-state index in [-0.39, 0.29) is 6.10 Å². The molecule has 3 aromatic rings. The number of halogens is 1. The van der Waals surface area contributed by atoms with Gasteiger partial charge in [0.05, 0.1) is 36.8 Å². The minimum absolute atomic E-state index is 0.345. The Morgan fingerprint density at radius 2 is 1.17 bits per heavy atom. The van der Waals surface area contributed by atoms with E-state index in [1.165, 1.54) is 0 Å². The van der Waals surface area contributed by atoms with Crippen LogP contribution in [-0.2, 0) is 38.8 Å². The Labute approximate surface area is 220 Å². The van der Waals surface area contributed by atoms with E-state index in [0.29, 0.717) is 31.5 Å². The van der Waals surface area contributed by atoms with Crippen molar-refractivity contribution < 1.29 is 18.9 Å². The maximum absolute atomic E-state index is 7.01. The number of rotatable bonds is 11. The molecule has 0 saturated heterocycles. The van der Waals surface area contributed by atoms with Crippen molar-refractivity contribution in [1.29, 1.82) is 0 Å². The number of hydrogen-bond acceptors (Lipinski definition) is 4. The standard InChI is InChI=1S/C30H35ClO4Si/c1-36(2,3)30-27(31)29(34-21-25-17-11-6-12-18-25)28(33-20-24-15-9-5-10-16-24)26(35-30)22-32-19-23-13-7-4-8-14-23/h4-18,26,28-29H,19-22H2,1-3H3/t26-,28-,29-/m1/s1. The average Bonchev–Trinajstić information content (AvgIpc) is 2.89. The van der Waals surface area contributed by atoms with Crippen LogP contribution < -0.4 is 0 Å². The number of benzene rings is 3. The van der Waals surface area contributed by atoms with Gasteiger partial charge in [-0.2, -0.15) is 0 Å². The molecule has 4 rings (SSSR count). The first kappa shape index (κ1) is 26.6. The van der Waals surface area contributed by atoms with Crippen molar-refractivity contribution in [1.82, 2.24) is 0 Å². The summed E-state index contributed by atoms with van der Waals surface area (Å²) in [5.74, 6) is 0. The quantitative estimate of drug-likeness (QED) is 0.252. The molecule has 0 unspecified atom stereocenters. The van der Waals surface area contributed by atoms with Crippen LogP contribution in [0, 0.1) is 0 Å². The zero-order valence-electron chi connectivity index (χ0n) is 21.2. The van der Waals surface area contributed by atoms with Gasteiger partial charge in [0.15, 0.2) is 0 Å². The van der Waals surface area contributed by atoms with Crippen LogP contribution in [0.1, 0.15) is 16.7 Å². The number of hydrogen-bond donors (Lipinski definition) is 0. The molecule has 190 valence electrons. The molecule has 1 aliphatic rings. The van der Waals surface area contributed by atoms with Gasteiger partial charge in [0.2, 0.25) is 0 Å². The van der Waals surface area contributed by atoms with E-state index in [1.54, 1.807) is 0 Å². The third-order valence-electron chi connectivity index (χ3n) is 6.03. The Morgan fingerprint density at radius 1 is 0.694 bits per heavy atom. The van der Waals surface area contributed by atoms with Gasteiger partial charge in [-0.05, 0) is 16.7 Å². The van der Waals surface area contributed by atoms with Crippen molar-refractivity contribution in [3.05, 3.63) is 118 Å². The Morgan fingerprint density at radius 3 is 1.67 bits per heavy atom. The Bertz CT molecular complexity index is 1100. The van der Waals surface area contributed by atoms with Crippen LogP contribution in [0.4, 0.5) is 0 Å². The zero-order chi connectivity index (χ0) is 25.4. The highest BCUT2D eigenvalue weighted by atomic mass is 35.5. The van der Waals surface area contributed by atoms with Crippen molar-refractivity contribution in [3.63, 3.8) is 0 Å². The molecular weight excluding hydrogens is 488 g/mol. The molecule has 0 amide bonds. The highest BCUT2D eigenvalue weighted by Gasteiger charge is 2.44. The molecule has 0 saturated carbocycles. The molecule has 3 atom stereocenters. The molecule has 0 N–H and O–H groups in total. The smallest absolute Gasteiger partial charge is 0.150 e. The highest BCUT2D eigenvalue weighted by Crippen LogP contribution is 2.37. The summed E-state index contributed by atoms with van der Waals surface area (Å²) in [4.78, 5) is 0. The number of ether oxygens (including phenoxy) is 4. The van der Waals surface area contributed by atoms with Gasteiger partial charge in [-0.1, -0.05) is 122 Å². The predicted molar refractivity (Wildman–Crippen MR) is 147 cm³/mol. The van der Waals surface area contributed by atoms with Gasteiger partial charge in [-0.15, -0.1) is 0 Å². The first-order valence-electron chi connectivity index (χ1n) is 12.4. The molecule has 0 spiro atoms. The third-order valence-corrected chi connectivity index (χ3v) is 8.33. The molecular formula is C30H35ClO4Si. The Kier molecular flexibility index (Phi) is 9.40. The summed E-state index contributed by atoms with van der Waals surface area (Å²) in [6.45, 7) is 8.42. The van der Waals surface area contributed by atoms with E-state index >= 15 is 0 Å². The summed E-state index contributed by atoms with van der Waals surface area (Å²) in [6.07, 6.45) is -1.21. The largest absolute Gasteiger partial charge is 0.493 e. The maximum Gasteiger partial charge on any atom is 0.150 e. The van der Waals surface area contributed by atoms with Crippen molar-refractivity contribution in [2.75, 3.05) is 6.61 Å². The monoisotopic (exact) mass is 522 g/mol.